The zero-order valence-electron chi connectivity index (χ0n) is 14.7. The normalized spacial score (nSPS) is 16.7. The van der Waals surface area contributed by atoms with Crippen molar-refractivity contribution < 1.29 is 9.59 Å². The number of hydrogen-bond acceptors (Lipinski definition) is 4. The van der Waals surface area contributed by atoms with Gasteiger partial charge in [-0.05, 0) is 36.6 Å². The Hall–Kier alpha value is -2.70. The van der Waals surface area contributed by atoms with E-state index in [4.69, 9.17) is 0 Å². The van der Waals surface area contributed by atoms with Crippen LogP contribution in [0.25, 0.3) is 0 Å². The molecule has 0 saturated heterocycles. The second-order valence-electron chi connectivity index (χ2n) is 7.04. The van der Waals surface area contributed by atoms with Gasteiger partial charge >= 0.3 is 0 Å². The van der Waals surface area contributed by atoms with Crippen LogP contribution < -0.4 is 5.32 Å². The summed E-state index contributed by atoms with van der Waals surface area (Å²) in [6, 6.07) is 5.73. The first-order valence-corrected chi connectivity index (χ1v) is 9.19. The van der Waals surface area contributed by atoms with Crippen LogP contribution in [0.4, 0.5) is 0 Å². The van der Waals surface area contributed by atoms with Gasteiger partial charge in [0, 0.05) is 24.9 Å². The fourth-order valence-electron chi connectivity index (χ4n) is 3.40. The van der Waals surface area contributed by atoms with E-state index in [-0.39, 0.29) is 17.7 Å². The second kappa shape index (κ2) is 7.27. The van der Waals surface area contributed by atoms with Crippen LogP contribution in [0.5, 0.6) is 0 Å². The fraction of sp³-hybridized carbons (Fsp3) is 0.474. The number of carbonyl (C=O) groups excluding carboxylic acids is 2. The van der Waals surface area contributed by atoms with E-state index in [1.807, 2.05) is 27.8 Å². The number of aromatic nitrogens is 3. The number of pyridine rings is 1. The minimum atomic E-state index is 0.114. The van der Waals surface area contributed by atoms with Crippen LogP contribution >= 0.6 is 0 Å². The van der Waals surface area contributed by atoms with E-state index in [1.165, 1.54) is 0 Å². The molecule has 4 rings (SSSR count). The second-order valence-corrected chi connectivity index (χ2v) is 7.04. The lowest BCUT2D eigenvalue weighted by Gasteiger charge is -2.27. The molecule has 7 heteroatoms. The molecule has 1 aliphatic carbocycles. The summed E-state index contributed by atoms with van der Waals surface area (Å²) in [5.41, 5.74) is 2.85. The lowest BCUT2D eigenvalue weighted by Crippen LogP contribution is -2.39. The molecule has 2 aromatic heterocycles. The van der Waals surface area contributed by atoms with Crippen molar-refractivity contribution in [3.63, 3.8) is 0 Å². The van der Waals surface area contributed by atoms with E-state index >= 15 is 0 Å². The Bertz CT molecular complexity index is 798. The molecule has 0 unspecified atom stereocenters. The third-order valence-corrected chi connectivity index (χ3v) is 5.23. The molecular formula is C19H23N5O2. The van der Waals surface area contributed by atoms with Gasteiger partial charge in [-0.25, -0.2) is 0 Å². The van der Waals surface area contributed by atoms with Crippen LogP contribution in [0.2, 0.25) is 0 Å². The SMILES string of the molecule is O=C(NCc1cc2n(n1)CCN(C(=O)Cc1ccncc1)C2)C1CCC1. The number of fused-ring (bicyclic) bond motifs is 1. The molecule has 1 aliphatic heterocycles. The van der Waals surface area contributed by atoms with Crippen molar-refractivity contribution in [2.45, 2.75) is 45.3 Å². The summed E-state index contributed by atoms with van der Waals surface area (Å²) in [4.78, 5) is 30.3. The van der Waals surface area contributed by atoms with Crippen LogP contribution in [0, 0.1) is 5.92 Å². The standard InChI is InChI=1S/C19H23N5O2/c25-18(10-14-4-6-20-7-5-14)23-8-9-24-17(13-23)11-16(22-24)12-21-19(26)15-2-1-3-15/h4-7,11,15H,1-3,8-10,12-13H2,(H,21,26). The van der Waals surface area contributed by atoms with Gasteiger partial charge in [-0.2, -0.15) is 5.10 Å². The Morgan fingerprint density at radius 1 is 1.19 bits per heavy atom. The Morgan fingerprint density at radius 2 is 2.00 bits per heavy atom. The number of nitrogens with one attached hydrogen (secondary N) is 1. The summed E-state index contributed by atoms with van der Waals surface area (Å²) in [6.45, 7) is 2.37. The van der Waals surface area contributed by atoms with E-state index in [2.05, 4.69) is 15.4 Å². The van der Waals surface area contributed by atoms with Crippen LogP contribution in [0.15, 0.2) is 30.6 Å². The summed E-state index contributed by atoms with van der Waals surface area (Å²) >= 11 is 0. The van der Waals surface area contributed by atoms with Gasteiger partial charge in [0.05, 0.1) is 37.4 Å². The summed E-state index contributed by atoms with van der Waals surface area (Å²) in [5.74, 6) is 0.438. The van der Waals surface area contributed by atoms with E-state index in [0.29, 0.717) is 32.6 Å². The van der Waals surface area contributed by atoms with Crippen molar-refractivity contribution >= 4 is 11.8 Å². The van der Waals surface area contributed by atoms with Crippen molar-refractivity contribution in [3.8, 4) is 0 Å². The van der Waals surface area contributed by atoms with Crippen LogP contribution in [-0.4, -0.2) is 38.0 Å². The average Bonchev–Trinajstić information content (AvgIpc) is 3.01. The van der Waals surface area contributed by atoms with E-state index in [0.717, 1.165) is 36.2 Å². The highest BCUT2D eigenvalue weighted by Crippen LogP contribution is 2.26. The molecule has 2 aliphatic rings. The van der Waals surface area contributed by atoms with Gasteiger partial charge < -0.3 is 10.2 Å². The number of hydrogen-bond donors (Lipinski definition) is 1. The lowest BCUT2D eigenvalue weighted by molar-refractivity contribution is -0.132. The molecule has 0 aromatic carbocycles. The maximum absolute atomic E-state index is 12.5. The molecule has 136 valence electrons. The molecule has 3 heterocycles. The summed E-state index contributed by atoms with van der Waals surface area (Å²) in [5, 5.41) is 7.53. The topological polar surface area (TPSA) is 80.1 Å². The van der Waals surface area contributed by atoms with E-state index in [1.54, 1.807) is 12.4 Å². The van der Waals surface area contributed by atoms with Crippen molar-refractivity contribution in [3.05, 3.63) is 47.5 Å². The van der Waals surface area contributed by atoms with Gasteiger partial charge in [-0.1, -0.05) is 6.42 Å². The van der Waals surface area contributed by atoms with E-state index in [9.17, 15) is 9.59 Å². The molecule has 0 spiro atoms. The van der Waals surface area contributed by atoms with Crippen molar-refractivity contribution in [1.82, 2.24) is 25.0 Å². The van der Waals surface area contributed by atoms with Gasteiger partial charge in [0.15, 0.2) is 0 Å². The quantitative estimate of drug-likeness (QED) is 0.878. The van der Waals surface area contributed by atoms with Crippen LogP contribution in [-0.2, 0) is 35.6 Å². The lowest BCUT2D eigenvalue weighted by atomic mass is 9.85. The highest BCUT2D eigenvalue weighted by Gasteiger charge is 2.26. The third-order valence-electron chi connectivity index (χ3n) is 5.23. The number of nitrogens with zero attached hydrogens (tertiary/aromatic N) is 4. The number of amides is 2. The molecular weight excluding hydrogens is 330 g/mol. The highest BCUT2D eigenvalue weighted by atomic mass is 16.2. The van der Waals surface area contributed by atoms with Crippen molar-refractivity contribution in [2.24, 2.45) is 5.92 Å². The molecule has 26 heavy (non-hydrogen) atoms. The maximum atomic E-state index is 12.5. The molecule has 2 amide bonds. The van der Waals surface area contributed by atoms with E-state index < -0.39 is 0 Å². The van der Waals surface area contributed by atoms with Gasteiger partial charge in [-0.3, -0.25) is 19.3 Å². The summed E-state index contributed by atoms with van der Waals surface area (Å²) in [7, 11) is 0. The van der Waals surface area contributed by atoms with Gasteiger partial charge in [0.1, 0.15) is 0 Å². The summed E-state index contributed by atoms with van der Waals surface area (Å²) < 4.78 is 1.95. The predicted molar refractivity (Wildman–Crippen MR) is 94.8 cm³/mol. The van der Waals surface area contributed by atoms with Crippen molar-refractivity contribution in [1.29, 1.82) is 0 Å². The predicted octanol–water partition coefficient (Wildman–Crippen LogP) is 1.28. The monoisotopic (exact) mass is 353 g/mol. The first-order chi connectivity index (χ1) is 12.7. The highest BCUT2D eigenvalue weighted by molar-refractivity contribution is 5.79. The first kappa shape index (κ1) is 16.8. The molecule has 2 aromatic rings. The Balaban J connectivity index is 1.34. The number of carbonyl (C=O) groups is 2. The van der Waals surface area contributed by atoms with Crippen molar-refractivity contribution in [2.75, 3.05) is 6.54 Å². The molecule has 7 nitrogen and oxygen atoms in total. The Morgan fingerprint density at radius 3 is 2.73 bits per heavy atom. The smallest absolute Gasteiger partial charge is 0.227 e. The molecule has 0 atom stereocenters. The minimum Gasteiger partial charge on any atom is -0.350 e. The fourth-order valence-corrected chi connectivity index (χ4v) is 3.40. The van der Waals surface area contributed by atoms with Gasteiger partial charge in [-0.15, -0.1) is 0 Å². The third kappa shape index (κ3) is 3.61. The van der Waals surface area contributed by atoms with Crippen LogP contribution in [0.1, 0.15) is 36.2 Å². The van der Waals surface area contributed by atoms with Gasteiger partial charge in [0.25, 0.3) is 0 Å². The zero-order valence-corrected chi connectivity index (χ0v) is 14.7. The minimum absolute atomic E-state index is 0.114. The Labute approximate surface area is 152 Å². The van der Waals surface area contributed by atoms with Crippen LogP contribution in [0.3, 0.4) is 0 Å². The molecule has 0 radical (unpaired) electrons. The molecule has 1 N–H and O–H groups in total. The molecule has 0 bridgehead atoms. The first-order valence-electron chi connectivity index (χ1n) is 9.19. The summed E-state index contributed by atoms with van der Waals surface area (Å²) in [6.07, 6.45) is 6.96. The zero-order chi connectivity index (χ0) is 17.9. The Kier molecular flexibility index (Phi) is 4.69. The number of rotatable bonds is 5. The average molecular weight is 353 g/mol. The largest absolute Gasteiger partial charge is 0.350 e. The van der Waals surface area contributed by atoms with Gasteiger partial charge in [0.2, 0.25) is 11.8 Å². The molecule has 1 saturated carbocycles. The maximum Gasteiger partial charge on any atom is 0.227 e. The molecule has 1 fully saturated rings.